The Bertz CT molecular complexity index is 355. The molecule has 0 radical (unpaired) electrons. The molecular weight excluding hydrogens is 176 g/mol. The second-order valence-electron chi connectivity index (χ2n) is 4.63. The molecule has 0 heterocycles. The summed E-state index contributed by atoms with van der Waals surface area (Å²) in [6, 6.07) is 5.94. The van der Waals surface area contributed by atoms with Crippen LogP contribution >= 0.6 is 0 Å². The minimum Gasteiger partial charge on any atom is -0.497 e. The molecule has 2 rings (SSSR count). The summed E-state index contributed by atoms with van der Waals surface area (Å²) in [7, 11) is 1.65. The van der Waals surface area contributed by atoms with E-state index in [4.69, 9.17) is 4.74 Å². The third-order valence-electron chi connectivity index (χ3n) is 3.03. The average molecular weight is 192 g/mol. The molecule has 0 aromatic heterocycles. The molecule has 0 saturated carbocycles. The van der Waals surface area contributed by atoms with Crippen molar-refractivity contribution in [1.29, 1.82) is 0 Å². The summed E-state index contributed by atoms with van der Waals surface area (Å²) in [5.41, 5.74) is 2.21. The highest BCUT2D eigenvalue weighted by atomic mass is 16.5. The zero-order valence-electron chi connectivity index (χ0n) is 8.87. The molecule has 0 bridgehead atoms. The Kier molecular flexibility index (Phi) is 2.04. The molecule has 1 aliphatic carbocycles. The lowest BCUT2D eigenvalue weighted by Gasteiger charge is -2.22. The first kappa shape index (κ1) is 9.53. The Morgan fingerprint density at radius 2 is 2.14 bits per heavy atom. The lowest BCUT2D eigenvalue weighted by Crippen LogP contribution is -2.16. The second-order valence-corrected chi connectivity index (χ2v) is 4.63. The Balaban J connectivity index is 2.45. The van der Waals surface area contributed by atoms with E-state index in [1.165, 1.54) is 5.56 Å². The highest BCUT2D eigenvalue weighted by molar-refractivity contribution is 5.41. The minimum absolute atomic E-state index is 0.0469. The van der Waals surface area contributed by atoms with E-state index in [0.29, 0.717) is 0 Å². The van der Waals surface area contributed by atoms with E-state index in [2.05, 4.69) is 13.8 Å². The summed E-state index contributed by atoms with van der Waals surface area (Å²) in [5, 5.41) is 10.1. The number of methoxy groups -OCH3 is 1. The van der Waals surface area contributed by atoms with E-state index < -0.39 is 0 Å². The zero-order chi connectivity index (χ0) is 10.3. The molecule has 1 aromatic carbocycles. The van der Waals surface area contributed by atoms with Gasteiger partial charge in [0.1, 0.15) is 5.75 Å². The van der Waals surface area contributed by atoms with Crippen molar-refractivity contribution < 1.29 is 9.84 Å². The van der Waals surface area contributed by atoms with Crippen LogP contribution in [0.5, 0.6) is 5.75 Å². The Hall–Kier alpha value is -1.02. The van der Waals surface area contributed by atoms with Gasteiger partial charge in [-0.15, -0.1) is 0 Å². The van der Waals surface area contributed by atoms with Crippen LogP contribution < -0.4 is 4.74 Å². The lowest BCUT2D eigenvalue weighted by molar-refractivity contribution is 0.0665. The largest absolute Gasteiger partial charge is 0.497 e. The van der Waals surface area contributed by atoms with Gasteiger partial charge in [-0.1, -0.05) is 19.9 Å². The molecule has 0 fully saturated rings. The van der Waals surface area contributed by atoms with Gasteiger partial charge in [-0.3, -0.25) is 0 Å². The van der Waals surface area contributed by atoms with E-state index in [1.807, 2.05) is 18.2 Å². The van der Waals surface area contributed by atoms with Gasteiger partial charge in [0, 0.05) is 0 Å². The number of hydrogen-bond acceptors (Lipinski definition) is 2. The van der Waals surface area contributed by atoms with E-state index in [0.717, 1.165) is 17.7 Å². The van der Waals surface area contributed by atoms with Crippen LogP contribution in [0.1, 0.15) is 31.1 Å². The fourth-order valence-corrected chi connectivity index (χ4v) is 2.12. The van der Waals surface area contributed by atoms with E-state index in [-0.39, 0.29) is 11.5 Å². The smallest absolute Gasteiger partial charge is 0.119 e. The SMILES string of the molecule is COc1ccc2c(c1)[C@H](O)C(C)(C)C2. The Morgan fingerprint density at radius 3 is 2.79 bits per heavy atom. The maximum atomic E-state index is 10.1. The molecule has 14 heavy (non-hydrogen) atoms. The van der Waals surface area contributed by atoms with Crippen molar-refractivity contribution in [3.63, 3.8) is 0 Å². The summed E-state index contributed by atoms with van der Waals surface area (Å²) in [6.45, 7) is 4.17. The maximum Gasteiger partial charge on any atom is 0.119 e. The topological polar surface area (TPSA) is 29.5 Å². The highest BCUT2D eigenvalue weighted by Gasteiger charge is 2.37. The molecule has 0 spiro atoms. The Morgan fingerprint density at radius 1 is 1.43 bits per heavy atom. The summed E-state index contributed by atoms with van der Waals surface area (Å²) < 4.78 is 5.14. The van der Waals surface area contributed by atoms with Crippen molar-refractivity contribution in [3.8, 4) is 5.75 Å². The number of hydrogen-bond donors (Lipinski definition) is 1. The molecule has 1 N–H and O–H groups in total. The van der Waals surface area contributed by atoms with Crippen molar-refractivity contribution in [2.75, 3.05) is 7.11 Å². The molecule has 1 aliphatic rings. The van der Waals surface area contributed by atoms with Gasteiger partial charge in [0.2, 0.25) is 0 Å². The maximum absolute atomic E-state index is 10.1. The van der Waals surface area contributed by atoms with Gasteiger partial charge in [-0.2, -0.15) is 0 Å². The minimum atomic E-state index is -0.368. The molecule has 2 nitrogen and oxygen atoms in total. The normalized spacial score (nSPS) is 23.3. The summed E-state index contributed by atoms with van der Waals surface area (Å²) >= 11 is 0. The Labute approximate surface area is 84.5 Å². The van der Waals surface area contributed by atoms with Crippen LogP contribution in [0.3, 0.4) is 0 Å². The molecule has 0 saturated heterocycles. The first-order chi connectivity index (χ1) is 6.54. The predicted molar refractivity (Wildman–Crippen MR) is 55.4 cm³/mol. The van der Waals surface area contributed by atoms with Gasteiger partial charge >= 0.3 is 0 Å². The number of rotatable bonds is 1. The first-order valence-corrected chi connectivity index (χ1v) is 4.89. The van der Waals surface area contributed by atoms with Crippen LogP contribution in [-0.2, 0) is 6.42 Å². The highest BCUT2D eigenvalue weighted by Crippen LogP contribution is 2.45. The molecule has 0 amide bonds. The monoisotopic (exact) mass is 192 g/mol. The molecule has 0 unspecified atom stereocenters. The van der Waals surface area contributed by atoms with E-state index in [9.17, 15) is 5.11 Å². The van der Waals surface area contributed by atoms with Gasteiger partial charge in [-0.25, -0.2) is 0 Å². The summed E-state index contributed by atoms with van der Waals surface area (Å²) in [6.07, 6.45) is 0.570. The van der Waals surface area contributed by atoms with Crippen molar-refractivity contribution in [2.24, 2.45) is 5.41 Å². The fourth-order valence-electron chi connectivity index (χ4n) is 2.12. The average Bonchev–Trinajstić information content (AvgIpc) is 2.38. The van der Waals surface area contributed by atoms with Crippen molar-refractivity contribution in [1.82, 2.24) is 0 Å². The van der Waals surface area contributed by atoms with Gasteiger partial charge in [0.15, 0.2) is 0 Å². The van der Waals surface area contributed by atoms with Crippen LogP contribution in [0.15, 0.2) is 18.2 Å². The standard InChI is InChI=1S/C12H16O2/c1-12(2)7-8-4-5-9(14-3)6-10(8)11(12)13/h4-6,11,13H,7H2,1-3H3/t11-/m0/s1. The number of aliphatic hydroxyl groups is 1. The van der Waals surface area contributed by atoms with Gasteiger partial charge in [0.25, 0.3) is 0 Å². The second kappa shape index (κ2) is 2.99. The fraction of sp³-hybridized carbons (Fsp3) is 0.500. The van der Waals surface area contributed by atoms with Crippen LogP contribution in [0, 0.1) is 5.41 Å². The van der Waals surface area contributed by atoms with Crippen molar-refractivity contribution >= 4 is 0 Å². The van der Waals surface area contributed by atoms with Crippen molar-refractivity contribution in [2.45, 2.75) is 26.4 Å². The van der Waals surface area contributed by atoms with Crippen LogP contribution in [0.25, 0.3) is 0 Å². The van der Waals surface area contributed by atoms with E-state index >= 15 is 0 Å². The molecule has 0 aliphatic heterocycles. The molecule has 2 heteroatoms. The van der Waals surface area contributed by atoms with Gasteiger partial charge in [-0.05, 0) is 35.1 Å². The van der Waals surface area contributed by atoms with Crippen LogP contribution in [0.4, 0.5) is 0 Å². The van der Waals surface area contributed by atoms with Crippen molar-refractivity contribution in [3.05, 3.63) is 29.3 Å². The summed E-state index contributed by atoms with van der Waals surface area (Å²) in [5.74, 6) is 0.820. The predicted octanol–water partition coefficient (Wildman–Crippen LogP) is 2.31. The van der Waals surface area contributed by atoms with Crippen LogP contribution in [0.2, 0.25) is 0 Å². The molecular formula is C12H16O2. The lowest BCUT2D eigenvalue weighted by atomic mass is 9.88. The zero-order valence-corrected chi connectivity index (χ0v) is 8.87. The molecule has 1 atom stereocenters. The van der Waals surface area contributed by atoms with Crippen LogP contribution in [-0.4, -0.2) is 12.2 Å². The number of ether oxygens (including phenoxy) is 1. The summed E-state index contributed by atoms with van der Waals surface area (Å²) in [4.78, 5) is 0. The van der Waals surface area contributed by atoms with Gasteiger partial charge < -0.3 is 9.84 Å². The first-order valence-electron chi connectivity index (χ1n) is 4.89. The molecule has 1 aromatic rings. The number of fused-ring (bicyclic) bond motifs is 1. The molecule has 76 valence electrons. The van der Waals surface area contributed by atoms with Gasteiger partial charge in [0.05, 0.1) is 13.2 Å². The number of aliphatic hydroxyl groups excluding tert-OH is 1. The number of benzene rings is 1. The third kappa shape index (κ3) is 1.30. The third-order valence-corrected chi connectivity index (χ3v) is 3.03. The van der Waals surface area contributed by atoms with E-state index in [1.54, 1.807) is 7.11 Å². The quantitative estimate of drug-likeness (QED) is 0.740.